The zero-order valence-corrected chi connectivity index (χ0v) is 11.2. The summed E-state index contributed by atoms with van der Waals surface area (Å²) in [7, 11) is 2.11. The fourth-order valence-electron chi connectivity index (χ4n) is 1.54. The number of rotatable bonds is 6. The van der Waals surface area contributed by atoms with Crippen LogP contribution in [0.1, 0.15) is 12.5 Å². The minimum atomic E-state index is 0.444. The van der Waals surface area contributed by atoms with Crippen molar-refractivity contribution >= 4 is 11.6 Å². The van der Waals surface area contributed by atoms with Crippen LogP contribution in [0.2, 0.25) is 5.02 Å². The van der Waals surface area contributed by atoms with Crippen molar-refractivity contribution in [2.75, 3.05) is 20.1 Å². The third-order valence-corrected chi connectivity index (χ3v) is 3.02. The molecule has 1 aromatic rings. The predicted octanol–water partition coefficient (Wildman–Crippen LogP) is 2.38. The Kier molecular flexibility index (Phi) is 6.07. The second-order valence-electron chi connectivity index (χ2n) is 4.23. The maximum absolute atomic E-state index is 5.85. The maximum Gasteiger partial charge on any atom is 0.0574 e. The highest BCUT2D eigenvalue weighted by molar-refractivity contribution is 6.30. The highest BCUT2D eigenvalue weighted by Gasteiger charge is 2.08. The zero-order chi connectivity index (χ0) is 12.7. The molecule has 92 valence electrons. The van der Waals surface area contributed by atoms with Crippen molar-refractivity contribution in [3.63, 3.8) is 0 Å². The minimum absolute atomic E-state index is 0.444. The molecule has 0 bridgehead atoms. The summed E-state index contributed by atoms with van der Waals surface area (Å²) in [5.74, 6) is 2.57. The van der Waals surface area contributed by atoms with E-state index in [4.69, 9.17) is 18.0 Å². The zero-order valence-electron chi connectivity index (χ0n) is 10.4. The first kappa shape index (κ1) is 14.1. The summed E-state index contributed by atoms with van der Waals surface area (Å²) in [4.78, 5) is 2.28. The fraction of sp³-hybridized carbons (Fsp3) is 0.429. The van der Waals surface area contributed by atoms with Gasteiger partial charge in [0.1, 0.15) is 0 Å². The van der Waals surface area contributed by atoms with E-state index in [0.717, 1.165) is 18.1 Å². The normalized spacial score (nSPS) is 12.4. The standard InChI is InChI=1S/C14H19ClN2/c1-4-9-16-10-12(2)17(3)11-13-5-7-14(15)8-6-13/h1,5-8,12,16H,9-11H2,2-3H3. The van der Waals surface area contributed by atoms with Gasteiger partial charge in [-0.1, -0.05) is 29.7 Å². The van der Waals surface area contributed by atoms with E-state index >= 15 is 0 Å². The molecule has 0 spiro atoms. The van der Waals surface area contributed by atoms with Crippen molar-refractivity contribution in [1.29, 1.82) is 0 Å². The molecule has 0 aliphatic rings. The third kappa shape index (κ3) is 5.23. The monoisotopic (exact) mass is 250 g/mol. The molecular weight excluding hydrogens is 232 g/mol. The van der Waals surface area contributed by atoms with Gasteiger partial charge in [0.2, 0.25) is 0 Å². The minimum Gasteiger partial charge on any atom is -0.305 e. The molecule has 0 radical (unpaired) electrons. The van der Waals surface area contributed by atoms with E-state index < -0.39 is 0 Å². The molecule has 0 saturated carbocycles. The van der Waals surface area contributed by atoms with Gasteiger partial charge in [-0.15, -0.1) is 6.42 Å². The van der Waals surface area contributed by atoms with Crippen LogP contribution in [0, 0.1) is 12.3 Å². The molecule has 0 heterocycles. The first-order valence-electron chi connectivity index (χ1n) is 5.72. The lowest BCUT2D eigenvalue weighted by Gasteiger charge is -2.24. The molecule has 0 aromatic heterocycles. The summed E-state index contributed by atoms with van der Waals surface area (Å²) in [5.41, 5.74) is 1.26. The lowest BCUT2D eigenvalue weighted by molar-refractivity contribution is 0.245. The van der Waals surface area contributed by atoms with Crippen molar-refractivity contribution in [2.24, 2.45) is 0 Å². The Morgan fingerprint density at radius 3 is 2.65 bits per heavy atom. The quantitative estimate of drug-likeness (QED) is 0.616. The van der Waals surface area contributed by atoms with Crippen molar-refractivity contribution in [2.45, 2.75) is 19.5 Å². The van der Waals surface area contributed by atoms with Gasteiger partial charge in [-0.25, -0.2) is 0 Å². The molecule has 0 amide bonds. The molecular formula is C14H19ClN2. The van der Waals surface area contributed by atoms with Crippen LogP contribution in [0.3, 0.4) is 0 Å². The van der Waals surface area contributed by atoms with Gasteiger partial charge >= 0.3 is 0 Å². The van der Waals surface area contributed by atoms with Crippen LogP contribution in [-0.2, 0) is 6.54 Å². The first-order valence-corrected chi connectivity index (χ1v) is 6.10. The van der Waals surface area contributed by atoms with Crippen LogP contribution >= 0.6 is 11.6 Å². The number of hydrogen-bond donors (Lipinski definition) is 1. The first-order chi connectivity index (χ1) is 8.13. The van der Waals surface area contributed by atoms with Gasteiger partial charge in [-0.05, 0) is 31.7 Å². The fourth-order valence-corrected chi connectivity index (χ4v) is 1.67. The number of likely N-dealkylation sites (N-methyl/N-ethyl adjacent to an activating group) is 1. The van der Waals surface area contributed by atoms with E-state index in [1.54, 1.807) is 0 Å². The SMILES string of the molecule is C#CCNCC(C)N(C)Cc1ccc(Cl)cc1. The third-order valence-electron chi connectivity index (χ3n) is 2.76. The molecule has 3 heteroatoms. The summed E-state index contributed by atoms with van der Waals surface area (Å²) in [5, 5.41) is 3.99. The average Bonchev–Trinajstić information content (AvgIpc) is 2.32. The van der Waals surface area contributed by atoms with Gasteiger partial charge in [0.25, 0.3) is 0 Å². The van der Waals surface area contributed by atoms with Gasteiger partial charge in [0.05, 0.1) is 6.54 Å². The van der Waals surface area contributed by atoms with Gasteiger partial charge in [-0.3, -0.25) is 4.90 Å². The van der Waals surface area contributed by atoms with Gasteiger partial charge < -0.3 is 5.32 Å². The van der Waals surface area contributed by atoms with Crippen LogP contribution in [0.4, 0.5) is 0 Å². The molecule has 17 heavy (non-hydrogen) atoms. The summed E-state index contributed by atoms with van der Waals surface area (Å²) in [6, 6.07) is 8.40. The van der Waals surface area contributed by atoms with Crippen molar-refractivity contribution in [3.8, 4) is 12.3 Å². The molecule has 0 aliphatic heterocycles. The molecule has 1 N–H and O–H groups in total. The second kappa shape index (κ2) is 7.34. The van der Waals surface area contributed by atoms with E-state index in [-0.39, 0.29) is 0 Å². The molecule has 0 aliphatic carbocycles. The van der Waals surface area contributed by atoms with E-state index in [2.05, 4.69) is 42.2 Å². The van der Waals surface area contributed by atoms with Gasteiger partial charge in [0, 0.05) is 24.2 Å². The summed E-state index contributed by atoms with van der Waals surface area (Å²) >= 11 is 5.85. The Hall–Kier alpha value is -1.01. The van der Waals surface area contributed by atoms with Gasteiger partial charge in [0.15, 0.2) is 0 Å². The number of halogens is 1. The number of nitrogens with one attached hydrogen (secondary N) is 1. The number of terminal acetylenes is 1. The summed E-state index contributed by atoms with van der Waals surface area (Å²) in [6.45, 7) is 4.61. The summed E-state index contributed by atoms with van der Waals surface area (Å²) < 4.78 is 0. The highest BCUT2D eigenvalue weighted by atomic mass is 35.5. The van der Waals surface area contributed by atoms with Crippen molar-refractivity contribution < 1.29 is 0 Å². The topological polar surface area (TPSA) is 15.3 Å². The second-order valence-corrected chi connectivity index (χ2v) is 4.66. The van der Waals surface area contributed by atoms with Crippen LogP contribution < -0.4 is 5.32 Å². The Labute approximate surface area is 109 Å². The van der Waals surface area contributed by atoms with Crippen LogP contribution in [0.5, 0.6) is 0 Å². The smallest absolute Gasteiger partial charge is 0.0574 e. The molecule has 1 atom stereocenters. The molecule has 1 unspecified atom stereocenters. The maximum atomic E-state index is 5.85. The van der Waals surface area contributed by atoms with Crippen molar-refractivity contribution in [1.82, 2.24) is 10.2 Å². The largest absolute Gasteiger partial charge is 0.305 e. The molecule has 0 saturated heterocycles. The Morgan fingerprint density at radius 2 is 2.06 bits per heavy atom. The van der Waals surface area contributed by atoms with E-state index in [9.17, 15) is 0 Å². The molecule has 2 nitrogen and oxygen atoms in total. The van der Waals surface area contributed by atoms with Crippen molar-refractivity contribution in [3.05, 3.63) is 34.9 Å². The van der Waals surface area contributed by atoms with Crippen LogP contribution in [-0.4, -0.2) is 31.1 Å². The summed E-state index contributed by atoms with van der Waals surface area (Å²) in [6.07, 6.45) is 5.19. The number of hydrogen-bond acceptors (Lipinski definition) is 2. The number of benzene rings is 1. The lowest BCUT2D eigenvalue weighted by Crippen LogP contribution is -2.37. The Bertz CT molecular complexity index is 367. The Morgan fingerprint density at radius 1 is 1.41 bits per heavy atom. The van der Waals surface area contributed by atoms with E-state index in [1.165, 1.54) is 5.56 Å². The molecule has 1 rings (SSSR count). The predicted molar refractivity (Wildman–Crippen MR) is 74.1 cm³/mol. The van der Waals surface area contributed by atoms with E-state index in [0.29, 0.717) is 12.6 Å². The number of nitrogens with zero attached hydrogens (tertiary/aromatic N) is 1. The Balaban J connectivity index is 2.40. The highest BCUT2D eigenvalue weighted by Crippen LogP contribution is 2.11. The van der Waals surface area contributed by atoms with Crippen LogP contribution in [0.25, 0.3) is 0 Å². The molecule has 1 aromatic carbocycles. The molecule has 0 fully saturated rings. The van der Waals surface area contributed by atoms with Gasteiger partial charge in [-0.2, -0.15) is 0 Å². The lowest BCUT2D eigenvalue weighted by atomic mass is 10.2. The van der Waals surface area contributed by atoms with Crippen LogP contribution in [0.15, 0.2) is 24.3 Å². The van der Waals surface area contributed by atoms with E-state index in [1.807, 2.05) is 12.1 Å². The average molecular weight is 251 g/mol.